The fourth-order valence-corrected chi connectivity index (χ4v) is 4.53. The van der Waals surface area contributed by atoms with Gasteiger partial charge in [-0.15, -0.1) is 0 Å². The van der Waals surface area contributed by atoms with Crippen LogP contribution in [0.15, 0.2) is 42.5 Å². The van der Waals surface area contributed by atoms with Crippen molar-refractivity contribution in [1.29, 1.82) is 0 Å². The zero-order valence-corrected chi connectivity index (χ0v) is 19.6. The molecule has 0 aliphatic carbocycles. The number of nitrogens with zero attached hydrogens (tertiary/aromatic N) is 2. The lowest BCUT2D eigenvalue weighted by molar-refractivity contribution is -0.133. The van der Waals surface area contributed by atoms with E-state index in [0.717, 1.165) is 10.6 Å². The first-order chi connectivity index (χ1) is 15.5. The van der Waals surface area contributed by atoms with Crippen LogP contribution in [0.1, 0.15) is 12.5 Å². The Kier molecular flexibility index (Phi) is 6.94. The molecular formula is C22H26FN3O6S. The van der Waals surface area contributed by atoms with E-state index in [1.807, 2.05) is 0 Å². The lowest BCUT2D eigenvalue weighted by Crippen LogP contribution is -2.70. The number of anilines is 1. The monoisotopic (exact) mass is 479 g/mol. The molecule has 0 spiro atoms. The Morgan fingerprint density at radius 3 is 2.21 bits per heavy atom. The number of methoxy groups -OCH3 is 2. The molecule has 0 radical (unpaired) electrons. The fraction of sp³-hybridized carbons (Fsp3) is 0.364. The molecule has 1 atom stereocenters. The van der Waals surface area contributed by atoms with Crippen LogP contribution in [0.5, 0.6) is 11.5 Å². The van der Waals surface area contributed by atoms with E-state index in [2.05, 4.69) is 5.32 Å². The van der Waals surface area contributed by atoms with E-state index in [1.165, 1.54) is 50.3 Å². The number of halogens is 1. The van der Waals surface area contributed by atoms with Crippen molar-refractivity contribution in [1.82, 2.24) is 9.62 Å². The van der Waals surface area contributed by atoms with Crippen molar-refractivity contribution in [2.75, 3.05) is 38.5 Å². The van der Waals surface area contributed by atoms with Crippen LogP contribution in [0.3, 0.4) is 0 Å². The minimum atomic E-state index is -3.75. The summed E-state index contributed by atoms with van der Waals surface area (Å²) in [6.45, 7) is 0.886. The lowest BCUT2D eigenvalue weighted by Gasteiger charge is -2.46. The predicted octanol–water partition coefficient (Wildman–Crippen LogP) is 1.53. The zero-order valence-electron chi connectivity index (χ0n) is 18.8. The maximum Gasteiger partial charge on any atom is 0.247 e. The molecule has 2 aromatic carbocycles. The van der Waals surface area contributed by atoms with Gasteiger partial charge in [0.2, 0.25) is 21.8 Å². The van der Waals surface area contributed by atoms with Crippen LogP contribution in [-0.2, 0) is 26.2 Å². The van der Waals surface area contributed by atoms with Crippen molar-refractivity contribution in [2.24, 2.45) is 0 Å². The third-order valence-corrected chi connectivity index (χ3v) is 6.65. The third-order valence-electron chi connectivity index (χ3n) is 5.46. The number of amides is 2. The zero-order chi connectivity index (χ0) is 24.4. The van der Waals surface area contributed by atoms with Crippen LogP contribution in [0, 0.1) is 5.82 Å². The summed E-state index contributed by atoms with van der Waals surface area (Å²) in [5.74, 6) is -0.762. The van der Waals surface area contributed by atoms with Crippen molar-refractivity contribution in [3.8, 4) is 11.5 Å². The number of sulfonamides is 1. The first-order valence-electron chi connectivity index (χ1n) is 10.0. The molecular weight excluding hydrogens is 453 g/mol. The van der Waals surface area contributed by atoms with Crippen molar-refractivity contribution in [3.05, 3.63) is 53.8 Å². The van der Waals surface area contributed by atoms with E-state index in [9.17, 15) is 22.4 Å². The highest BCUT2D eigenvalue weighted by atomic mass is 32.2. The van der Waals surface area contributed by atoms with Gasteiger partial charge in [0.05, 0.1) is 32.7 Å². The van der Waals surface area contributed by atoms with E-state index < -0.39 is 39.7 Å². The average molecular weight is 480 g/mol. The summed E-state index contributed by atoms with van der Waals surface area (Å²) < 4.78 is 49.2. The molecule has 33 heavy (non-hydrogen) atoms. The molecule has 0 saturated carbocycles. The second-order valence-corrected chi connectivity index (χ2v) is 9.90. The van der Waals surface area contributed by atoms with Crippen LogP contribution >= 0.6 is 0 Å². The standard InChI is InChI=1S/C22H26FN3O6S/c1-22(21(28)24-12-15-5-7-16(23)8-6-15)14-25(33(4,29)30)13-20(27)26(22)17-9-18(31-2)11-19(10-17)32-3/h5-11H,12-14H2,1-4H3,(H,24,28)/t22-/m0/s1. The predicted molar refractivity (Wildman–Crippen MR) is 120 cm³/mol. The Labute approximate surface area is 192 Å². The van der Waals surface area contributed by atoms with Crippen molar-refractivity contribution in [3.63, 3.8) is 0 Å². The van der Waals surface area contributed by atoms with Crippen LogP contribution in [0.4, 0.5) is 10.1 Å². The SMILES string of the molecule is COc1cc(OC)cc(N2C(=O)CN(S(C)(=O)=O)C[C@@]2(C)C(=O)NCc2ccc(F)cc2)c1. The molecule has 9 nitrogen and oxygen atoms in total. The van der Waals surface area contributed by atoms with Crippen LogP contribution in [0.2, 0.25) is 0 Å². The van der Waals surface area contributed by atoms with E-state index in [1.54, 1.807) is 18.2 Å². The topological polar surface area (TPSA) is 105 Å². The smallest absolute Gasteiger partial charge is 0.247 e. The quantitative estimate of drug-likeness (QED) is 0.646. The van der Waals surface area contributed by atoms with Gasteiger partial charge in [-0.2, -0.15) is 4.31 Å². The number of carbonyl (C=O) groups excluding carboxylic acids is 2. The summed E-state index contributed by atoms with van der Waals surface area (Å²) in [7, 11) is -0.842. The van der Waals surface area contributed by atoms with Crippen LogP contribution < -0.4 is 19.7 Å². The number of hydrogen-bond acceptors (Lipinski definition) is 6. The Bertz CT molecular complexity index is 1130. The second-order valence-electron chi connectivity index (χ2n) is 7.91. The molecule has 1 saturated heterocycles. The first kappa shape index (κ1) is 24.5. The number of rotatable bonds is 7. The molecule has 2 aromatic rings. The summed E-state index contributed by atoms with van der Waals surface area (Å²) >= 11 is 0. The van der Waals surface area contributed by atoms with E-state index in [-0.39, 0.29) is 13.1 Å². The highest BCUT2D eigenvalue weighted by Gasteiger charge is 2.50. The van der Waals surface area contributed by atoms with Crippen molar-refractivity contribution >= 4 is 27.5 Å². The van der Waals surface area contributed by atoms with Gasteiger partial charge in [0, 0.05) is 31.3 Å². The van der Waals surface area contributed by atoms with Gasteiger partial charge in [0.15, 0.2) is 0 Å². The molecule has 11 heteroatoms. The Hall–Kier alpha value is -3.18. The summed E-state index contributed by atoms with van der Waals surface area (Å²) in [6, 6.07) is 10.4. The number of piperazine rings is 1. The lowest BCUT2D eigenvalue weighted by atomic mass is 9.94. The summed E-state index contributed by atoms with van der Waals surface area (Å²) in [5, 5.41) is 2.74. The molecule has 0 aromatic heterocycles. The van der Waals surface area contributed by atoms with Gasteiger partial charge in [0.25, 0.3) is 0 Å². The maximum absolute atomic E-state index is 13.4. The molecule has 0 unspecified atom stereocenters. The first-order valence-corrected chi connectivity index (χ1v) is 11.9. The molecule has 1 aliphatic rings. The fourth-order valence-electron chi connectivity index (χ4n) is 3.70. The number of nitrogens with one attached hydrogen (secondary N) is 1. The molecule has 1 N–H and O–H groups in total. The van der Waals surface area contributed by atoms with E-state index in [0.29, 0.717) is 22.7 Å². The number of benzene rings is 2. The Morgan fingerprint density at radius 2 is 1.70 bits per heavy atom. The molecule has 1 fully saturated rings. The number of hydrogen-bond donors (Lipinski definition) is 1. The van der Waals surface area contributed by atoms with Crippen LogP contribution in [0.25, 0.3) is 0 Å². The highest BCUT2D eigenvalue weighted by molar-refractivity contribution is 7.88. The molecule has 1 heterocycles. The second kappa shape index (κ2) is 9.36. The van der Waals surface area contributed by atoms with Crippen molar-refractivity contribution in [2.45, 2.75) is 19.0 Å². The molecule has 1 aliphatic heterocycles. The van der Waals surface area contributed by atoms with Crippen LogP contribution in [-0.4, -0.2) is 63.6 Å². The largest absolute Gasteiger partial charge is 0.497 e. The Balaban J connectivity index is 2.01. The van der Waals surface area contributed by atoms with Gasteiger partial charge in [0.1, 0.15) is 22.9 Å². The highest BCUT2D eigenvalue weighted by Crippen LogP contribution is 2.35. The minimum absolute atomic E-state index is 0.0665. The summed E-state index contributed by atoms with van der Waals surface area (Å²) in [6.07, 6.45) is 0.987. The third kappa shape index (κ3) is 5.25. The van der Waals surface area contributed by atoms with Gasteiger partial charge in [-0.3, -0.25) is 14.5 Å². The van der Waals surface area contributed by atoms with Gasteiger partial charge >= 0.3 is 0 Å². The van der Waals surface area contributed by atoms with Gasteiger partial charge < -0.3 is 14.8 Å². The number of carbonyl (C=O) groups is 2. The normalized spacial score (nSPS) is 19.3. The number of ether oxygens (including phenoxy) is 2. The van der Waals surface area contributed by atoms with Crippen molar-refractivity contribution < 1.29 is 31.9 Å². The van der Waals surface area contributed by atoms with Gasteiger partial charge in [-0.1, -0.05) is 12.1 Å². The molecule has 3 rings (SSSR count). The van der Waals surface area contributed by atoms with E-state index in [4.69, 9.17) is 9.47 Å². The molecule has 178 valence electrons. The molecule has 0 bridgehead atoms. The molecule has 2 amide bonds. The minimum Gasteiger partial charge on any atom is -0.497 e. The average Bonchev–Trinajstić information content (AvgIpc) is 2.77. The summed E-state index contributed by atoms with van der Waals surface area (Å²) in [4.78, 5) is 27.9. The van der Waals surface area contributed by atoms with E-state index >= 15 is 0 Å². The summed E-state index contributed by atoms with van der Waals surface area (Å²) in [5.41, 5.74) is -0.621. The van der Waals surface area contributed by atoms with Gasteiger partial charge in [-0.05, 0) is 24.6 Å². The maximum atomic E-state index is 13.4. The Morgan fingerprint density at radius 1 is 1.12 bits per heavy atom. The van der Waals surface area contributed by atoms with Gasteiger partial charge in [-0.25, -0.2) is 12.8 Å².